The molecule has 3 heterocycles. The van der Waals surface area contributed by atoms with E-state index in [0.29, 0.717) is 43.3 Å². The van der Waals surface area contributed by atoms with Crippen molar-refractivity contribution in [2.45, 2.75) is 51.1 Å². The summed E-state index contributed by atoms with van der Waals surface area (Å²) in [5.41, 5.74) is -0.176. The van der Waals surface area contributed by atoms with Gasteiger partial charge in [0, 0.05) is 37.7 Å². The van der Waals surface area contributed by atoms with Gasteiger partial charge in [-0.1, -0.05) is 0 Å². The lowest BCUT2D eigenvalue weighted by Gasteiger charge is -2.30. The Kier molecular flexibility index (Phi) is 6.26. The molecule has 2 aliphatic rings. The third kappa shape index (κ3) is 4.66. The standard InChI is InChI=1S/C23H26F3N3O3/c1-15-19(22(31)28-11-3-2-4-12-28)27-20(32-15)16-9-13-29(14-10-16)21(30)17-5-7-18(8-6-17)23(24,25)26/h5-8,16H,2-4,9-14H2,1H3. The fraction of sp³-hybridized carbons (Fsp3) is 0.522. The smallest absolute Gasteiger partial charge is 0.416 e. The number of amides is 2. The van der Waals surface area contributed by atoms with Gasteiger partial charge in [-0.05, 0) is 63.3 Å². The Morgan fingerprint density at radius 2 is 1.53 bits per heavy atom. The molecule has 0 bridgehead atoms. The van der Waals surface area contributed by atoms with Crippen molar-refractivity contribution in [1.29, 1.82) is 0 Å². The Bertz CT molecular complexity index is 971. The minimum absolute atomic E-state index is 0.00624. The number of piperidine rings is 2. The number of carbonyl (C=O) groups is 2. The predicted molar refractivity (Wildman–Crippen MR) is 110 cm³/mol. The van der Waals surface area contributed by atoms with Crippen LogP contribution in [-0.2, 0) is 6.18 Å². The van der Waals surface area contributed by atoms with Crippen LogP contribution in [0.1, 0.15) is 76.1 Å². The Labute approximate surface area is 184 Å². The number of benzene rings is 1. The molecule has 2 saturated heterocycles. The highest BCUT2D eigenvalue weighted by Gasteiger charge is 2.32. The monoisotopic (exact) mass is 449 g/mol. The highest BCUT2D eigenvalue weighted by molar-refractivity contribution is 5.94. The van der Waals surface area contributed by atoms with Crippen molar-refractivity contribution in [1.82, 2.24) is 14.8 Å². The van der Waals surface area contributed by atoms with Gasteiger partial charge in [0.15, 0.2) is 11.6 Å². The molecule has 0 unspecified atom stereocenters. The van der Waals surface area contributed by atoms with Gasteiger partial charge in [-0.25, -0.2) is 4.98 Å². The Morgan fingerprint density at radius 1 is 0.938 bits per heavy atom. The number of nitrogens with zero attached hydrogens (tertiary/aromatic N) is 3. The minimum Gasteiger partial charge on any atom is -0.445 e. The maximum atomic E-state index is 12.8. The van der Waals surface area contributed by atoms with Crippen molar-refractivity contribution in [2.75, 3.05) is 26.2 Å². The summed E-state index contributed by atoms with van der Waals surface area (Å²) >= 11 is 0. The van der Waals surface area contributed by atoms with Crippen LogP contribution < -0.4 is 0 Å². The topological polar surface area (TPSA) is 66.7 Å². The molecule has 1 aromatic carbocycles. The lowest BCUT2D eigenvalue weighted by atomic mass is 9.96. The normalized spacial score (nSPS) is 18.1. The van der Waals surface area contributed by atoms with Crippen molar-refractivity contribution in [2.24, 2.45) is 0 Å². The van der Waals surface area contributed by atoms with E-state index in [1.807, 2.05) is 4.90 Å². The second kappa shape index (κ2) is 8.96. The number of carbonyl (C=O) groups excluding carboxylic acids is 2. The lowest BCUT2D eigenvalue weighted by molar-refractivity contribution is -0.137. The van der Waals surface area contributed by atoms with E-state index in [-0.39, 0.29) is 23.3 Å². The van der Waals surface area contributed by atoms with E-state index in [1.54, 1.807) is 11.8 Å². The summed E-state index contributed by atoms with van der Waals surface area (Å²) in [5, 5.41) is 0. The first kappa shape index (κ1) is 22.4. The van der Waals surface area contributed by atoms with Crippen molar-refractivity contribution < 1.29 is 27.2 Å². The number of rotatable bonds is 3. The molecule has 172 valence electrons. The first-order valence-corrected chi connectivity index (χ1v) is 11.0. The first-order chi connectivity index (χ1) is 15.2. The van der Waals surface area contributed by atoms with E-state index in [0.717, 1.165) is 44.5 Å². The molecule has 4 rings (SSSR count). The van der Waals surface area contributed by atoms with Crippen LogP contribution in [0, 0.1) is 6.92 Å². The van der Waals surface area contributed by atoms with Crippen LogP contribution in [0.3, 0.4) is 0 Å². The van der Waals surface area contributed by atoms with Gasteiger partial charge in [0.1, 0.15) is 5.76 Å². The maximum Gasteiger partial charge on any atom is 0.416 e. The van der Waals surface area contributed by atoms with Crippen LogP contribution >= 0.6 is 0 Å². The number of hydrogen-bond donors (Lipinski definition) is 0. The Hall–Kier alpha value is -2.84. The molecule has 32 heavy (non-hydrogen) atoms. The summed E-state index contributed by atoms with van der Waals surface area (Å²) in [6, 6.07) is 4.28. The number of halogens is 3. The summed E-state index contributed by atoms with van der Waals surface area (Å²) in [4.78, 5) is 33.4. The number of hydrogen-bond acceptors (Lipinski definition) is 4. The van der Waals surface area contributed by atoms with Gasteiger partial charge in [-0.3, -0.25) is 9.59 Å². The molecule has 2 fully saturated rings. The molecule has 0 aliphatic carbocycles. The molecule has 1 aromatic heterocycles. The van der Waals surface area contributed by atoms with Crippen LogP contribution in [-0.4, -0.2) is 52.8 Å². The van der Waals surface area contributed by atoms with Gasteiger partial charge in [0.2, 0.25) is 0 Å². The summed E-state index contributed by atoms with van der Waals surface area (Å²) in [6.07, 6.45) is -0.0614. The number of aromatic nitrogens is 1. The van der Waals surface area contributed by atoms with Crippen molar-refractivity contribution in [3.63, 3.8) is 0 Å². The van der Waals surface area contributed by atoms with Crippen LogP contribution in [0.2, 0.25) is 0 Å². The van der Waals surface area contributed by atoms with E-state index < -0.39 is 11.7 Å². The third-order valence-corrected chi connectivity index (χ3v) is 6.25. The zero-order chi connectivity index (χ0) is 22.9. The summed E-state index contributed by atoms with van der Waals surface area (Å²) in [5.74, 6) is 0.644. The van der Waals surface area contributed by atoms with Gasteiger partial charge >= 0.3 is 6.18 Å². The van der Waals surface area contributed by atoms with E-state index >= 15 is 0 Å². The number of likely N-dealkylation sites (tertiary alicyclic amines) is 2. The van der Waals surface area contributed by atoms with Crippen LogP contribution in [0.25, 0.3) is 0 Å². The molecule has 0 N–H and O–H groups in total. The van der Waals surface area contributed by atoms with Crippen molar-refractivity contribution >= 4 is 11.8 Å². The summed E-state index contributed by atoms with van der Waals surface area (Å²) < 4.78 is 44.0. The molecule has 0 atom stereocenters. The van der Waals surface area contributed by atoms with E-state index in [4.69, 9.17) is 4.42 Å². The van der Waals surface area contributed by atoms with E-state index in [2.05, 4.69) is 4.98 Å². The van der Waals surface area contributed by atoms with Gasteiger partial charge in [0.25, 0.3) is 11.8 Å². The van der Waals surface area contributed by atoms with Crippen molar-refractivity contribution in [3.05, 3.63) is 52.7 Å². The molecule has 0 radical (unpaired) electrons. The summed E-state index contributed by atoms with van der Waals surface area (Å²) in [6.45, 7) is 4.12. The Balaban J connectivity index is 1.37. The van der Waals surface area contributed by atoms with Gasteiger partial charge in [0.05, 0.1) is 5.56 Å². The first-order valence-electron chi connectivity index (χ1n) is 11.0. The molecule has 2 amide bonds. The van der Waals surface area contributed by atoms with Crippen LogP contribution in [0.15, 0.2) is 28.7 Å². The molecule has 6 nitrogen and oxygen atoms in total. The summed E-state index contributed by atoms with van der Waals surface area (Å²) in [7, 11) is 0. The minimum atomic E-state index is -4.43. The molecule has 0 spiro atoms. The van der Waals surface area contributed by atoms with E-state index in [1.165, 1.54) is 12.1 Å². The number of oxazole rings is 1. The van der Waals surface area contributed by atoms with Crippen molar-refractivity contribution in [3.8, 4) is 0 Å². The van der Waals surface area contributed by atoms with Crippen LogP contribution in [0.5, 0.6) is 0 Å². The molecular weight excluding hydrogens is 423 g/mol. The predicted octanol–water partition coefficient (Wildman–Crippen LogP) is 4.65. The third-order valence-electron chi connectivity index (χ3n) is 6.25. The number of alkyl halides is 3. The molecule has 2 aliphatic heterocycles. The fourth-order valence-electron chi connectivity index (χ4n) is 4.35. The quantitative estimate of drug-likeness (QED) is 0.684. The molecule has 9 heteroatoms. The molecular formula is C23H26F3N3O3. The largest absolute Gasteiger partial charge is 0.445 e. The molecule has 0 saturated carbocycles. The zero-order valence-electron chi connectivity index (χ0n) is 18.0. The average Bonchev–Trinajstić information content (AvgIpc) is 3.20. The highest BCUT2D eigenvalue weighted by Crippen LogP contribution is 2.31. The second-order valence-corrected chi connectivity index (χ2v) is 8.45. The second-order valence-electron chi connectivity index (χ2n) is 8.45. The average molecular weight is 449 g/mol. The maximum absolute atomic E-state index is 12.8. The number of aryl methyl sites for hydroxylation is 1. The highest BCUT2D eigenvalue weighted by atomic mass is 19.4. The Morgan fingerprint density at radius 3 is 2.12 bits per heavy atom. The van der Waals surface area contributed by atoms with Gasteiger partial charge < -0.3 is 14.2 Å². The van der Waals surface area contributed by atoms with E-state index in [9.17, 15) is 22.8 Å². The van der Waals surface area contributed by atoms with Crippen LogP contribution in [0.4, 0.5) is 13.2 Å². The lowest BCUT2D eigenvalue weighted by Crippen LogP contribution is -2.38. The zero-order valence-corrected chi connectivity index (χ0v) is 18.0. The molecule has 2 aromatic rings. The fourth-order valence-corrected chi connectivity index (χ4v) is 4.35. The van der Waals surface area contributed by atoms with Gasteiger partial charge in [-0.2, -0.15) is 13.2 Å². The SMILES string of the molecule is Cc1oc(C2CCN(C(=O)c3ccc(C(F)(F)F)cc3)CC2)nc1C(=O)N1CCCCC1. The van der Waals surface area contributed by atoms with Gasteiger partial charge in [-0.15, -0.1) is 0 Å².